The second kappa shape index (κ2) is 10.8. The summed E-state index contributed by atoms with van der Waals surface area (Å²) in [7, 11) is 4.73. The largest absolute Gasteiger partial charge is 0.508 e. The molecule has 0 spiro atoms. The molecular weight excluding hydrogens is 566 g/mol. The number of carbonyl (C=O) groups is 3. The molecule has 0 unspecified atom stereocenters. The third-order valence-electron chi connectivity index (χ3n) is 9.00. The predicted octanol–water partition coefficient (Wildman–Crippen LogP) is 2.53. The number of phenolic OH excluding ortho intramolecular Hbond substituents is 1. The molecule has 11 nitrogen and oxygen atoms in total. The van der Waals surface area contributed by atoms with Gasteiger partial charge in [-0.2, -0.15) is 0 Å². The molecule has 0 saturated heterocycles. The SMILES string of the molecule is COc1ccc(-c2ccc(O)c3c2C[C@H]2C[C@H]4[C@H](N(C)C)C(=O)C(C(N)=O)=C(O)[C@@]4(O)C(=O)C2=C3O)cc1CNC(C)(C)C. The monoisotopic (exact) mass is 605 g/mol. The molecule has 1 fully saturated rings. The van der Waals surface area contributed by atoms with Crippen LogP contribution in [0.5, 0.6) is 11.5 Å². The summed E-state index contributed by atoms with van der Waals surface area (Å²) in [5.74, 6) is -6.11. The van der Waals surface area contributed by atoms with E-state index in [2.05, 4.69) is 26.1 Å². The molecule has 3 aliphatic rings. The molecule has 2 aromatic rings. The number of benzene rings is 2. The number of methoxy groups -OCH3 is 1. The Morgan fingerprint density at radius 1 is 1.14 bits per heavy atom. The average molecular weight is 606 g/mol. The predicted molar refractivity (Wildman–Crippen MR) is 163 cm³/mol. The minimum atomic E-state index is -2.68. The maximum absolute atomic E-state index is 14.1. The van der Waals surface area contributed by atoms with Crippen LogP contribution in [-0.2, 0) is 27.3 Å². The van der Waals surface area contributed by atoms with E-state index in [1.165, 1.54) is 11.0 Å². The zero-order valence-electron chi connectivity index (χ0n) is 25.7. The molecule has 1 saturated carbocycles. The lowest BCUT2D eigenvalue weighted by molar-refractivity contribution is -0.153. The van der Waals surface area contributed by atoms with E-state index >= 15 is 0 Å². The van der Waals surface area contributed by atoms with E-state index in [0.29, 0.717) is 17.9 Å². The van der Waals surface area contributed by atoms with Gasteiger partial charge in [-0.25, -0.2) is 0 Å². The smallest absolute Gasteiger partial charge is 0.255 e. The average Bonchev–Trinajstić information content (AvgIpc) is 2.93. The first-order valence-electron chi connectivity index (χ1n) is 14.4. The Bertz CT molecular complexity index is 1650. The summed E-state index contributed by atoms with van der Waals surface area (Å²) in [5.41, 5.74) is 4.61. The molecule has 11 heteroatoms. The number of primary amides is 1. The lowest BCUT2D eigenvalue weighted by atomic mass is 9.57. The van der Waals surface area contributed by atoms with Crippen molar-refractivity contribution in [1.29, 1.82) is 0 Å². The fourth-order valence-corrected chi connectivity index (χ4v) is 6.96. The third-order valence-corrected chi connectivity index (χ3v) is 9.00. The van der Waals surface area contributed by atoms with Crippen LogP contribution in [0.15, 0.2) is 47.2 Å². The lowest BCUT2D eigenvalue weighted by Crippen LogP contribution is -2.65. The van der Waals surface area contributed by atoms with Crippen LogP contribution in [0.3, 0.4) is 0 Å². The van der Waals surface area contributed by atoms with Crippen LogP contribution < -0.4 is 15.8 Å². The summed E-state index contributed by atoms with van der Waals surface area (Å²) in [5, 5.41) is 48.8. The van der Waals surface area contributed by atoms with Crippen LogP contribution in [0.25, 0.3) is 16.9 Å². The fraction of sp³-hybridized carbons (Fsp3) is 0.424. The number of likely N-dealkylation sites (N-methyl/N-ethyl adjacent to an activating group) is 1. The van der Waals surface area contributed by atoms with Gasteiger partial charge in [-0.05, 0) is 88.5 Å². The van der Waals surface area contributed by atoms with Gasteiger partial charge in [0.2, 0.25) is 5.78 Å². The van der Waals surface area contributed by atoms with Crippen LogP contribution in [0.2, 0.25) is 0 Å². The van der Waals surface area contributed by atoms with Crippen molar-refractivity contribution in [2.75, 3.05) is 21.2 Å². The number of amides is 1. The number of ether oxygens (including phenoxy) is 1. The molecule has 0 aliphatic heterocycles. The summed E-state index contributed by atoms with van der Waals surface area (Å²) < 4.78 is 5.59. The summed E-state index contributed by atoms with van der Waals surface area (Å²) in [6.07, 6.45) is 0.212. The first kappa shape index (κ1) is 31.2. The minimum Gasteiger partial charge on any atom is -0.508 e. The molecule has 5 rings (SSSR count). The number of nitrogens with one attached hydrogen (secondary N) is 1. The van der Waals surface area contributed by atoms with E-state index in [9.17, 15) is 34.8 Å². The number of hydrogen-bond acceptors (Lipinski definition) is 10. The van der Waals surface area contributed by atoms with Crippen molar-refractivity contribution < 1.29 is 39.5 Å². The van der Waals surface area contributed by atoms with Gasteiger partial charge < -0.3 is 36.2 Å². The second-order valence-corrected chi connectivity index (χ2v) is 13.1. The zero-order chi connectivity index (χ0) is 32.5. The molecule has 0 radical (unpaired) electrons. The van der Waals surface area contributed by atoms with E-state index in [1.54, 1.807) is 27.3 Å². The number of carbonyl (C=O) groups excluding carboxylic acids is 3. The number of ketones is 2. The summed E-state index contributed by atoms with van der Waals surface area (Å²) >= 11 is 0. The van der Waals surface area contributed by atoms with Gasteiger partial charge in [0.1, 0.15) is 28.6 Å². The number of Topliss-reactive ketones (excluding diaryl/α,β-unsaturated/α-hetero) is 2. The molecule has 0 aromatic heterocycles. The van der Waals surface area contributed by atoms with Crippen LogP contribution in [0.4, 0.5) is 0 Å². The van der Waals surface area contributed by atoms with E-state index in [-0.39, 0.29) is 35.3 Å². The maximum Gasteiger partial charge on any atom is 0.255 e. The second-order valence-electron chi connectivity index (χ2n) is 13.1. The summed E-state index contributed by atoms with van der Waals surface area (Å²) in [4.78, 5) is 41.1. The summed E-state index contributed by atoms with van der Waals surface area (Å²) in [6.45, 7) is 6.70. The Labute approximate surface area is 255 Å². The molecule has 0 bridgehead atoms. The molecular formula is C33H39N3O8. The highest BCUT2D eigenvalue weighted by Crippen LogP contribution is 2.53. The van der Waals surface area contributed by atoms with Gasteiger partial charge in [-0.3, -0.25) is 19.3 Å². The van der Waals surface area contributed by atoms with Crippen molar-refractivity contribution in [3.63, 3.8) is 0 Å². The van der Waals surface area contributed by atoms with Crippen molar-refractivity contribution in [2.24, 2.45) is 17.6 Å². The lowest BCUT2D eigenvalue weighted by Gasteiger charge is -2.50. The molecule has 44 heavy (non-hydrogen) atoms. The molecule has 7 N–H and O–H groups in total. The molecule has 4 atom stereocenters. The number of phenols is 1. The molecule has 0 heterocycles. The number of rotatable bonds is 6. The van der Waals surface area contributed by atoms with Gasteiger partial charge in [0.15, 0.2) is 11.4 Å². The highest BCUT2D eigenvalue weighted by molar-refractivity contribution is 6.24. The third kappa shape index (κ3) is 4.75. The minimum absolute atomic E-state index is 0.0181. The molecule has 3 aliphatic carbocycles. The van der Waals surface area contributed by atoms with Gasteiger partial charge in [-0.1, -0.05) is 12.1 Å². The van der Waals surface area contributed by atoms with Gasteiger partial charge in [0.05, 0.1) is 18.7 Å². The van der Waals surface area contributed by atoms with Gasteiger partial charge in [0, 0.05) is 29.1 Å². The van der Waals surface area contributed by atoms with Gasteiger partial charge >= 0.3 is 0 Å². The topological polar surface area (TPSA) is 183 Å². The first-order valence-corrected chi connectivity index (χ1v) is 14.4. The van der Waals surface area contributed by atoms with Gasteiger partial charge in [-0.15, -0.1) is 0 Å². The van der Waals surface area contributed by atoms with E-state index < -0.39 is 58.0 Å². The Kier molecular flexibility index (Phi) is 7.64. The molecule has 2 aromatic carbocycles. The normalized spacial score (nSPS) is 25.1. The zero-order valence-corrected chi connectivity index (χ0v) is 25.7. The highest BCUT2D eigenvalue weighted by atomic mass is 16.5. The van der Waals surface area contributed by atoms with E-state index in [4.69, 9.17) is 10.5 Å². The fourth-order valence-electron chi connectivity index (χ4n) is 6.96. The van der Waals surface area contributed by atoms with E-state index in [1.807, 2.05) is 18.2 Å². The van der Waals surface area contributed by atoms with Crippen molar-refractivity contribution >= 4 is 23.2 Å². The number of hydrogen-bond donors (Lipinski definition) is 6. The van der Waals surface area contributed by atoms with Crippen LogP contribution in [0.1, 0.15) is 43.9 Å². The van der Waals surface area contributed by atoms with Crippen LogP contribution in [0, 0.1) is 11.8 Å². The number of fused-ring (bicyclic) bond motifs is 3. The van der Waals surface area contributed by atoms with Crippen LogP contribution in [-0.4, -0.2) is 81.2 Å². The Morgan fingerprint density at radius 2 is 1.82 bits per heavy atom. The maximum atomic E-state index is 14.1. The molecule has 1 amide bonds. The van der Waals surface area contributed by atoms with Crippen LogP contribution >= 0.6 is 0 Å². The quantitative estimate of drug-likeness (QED) is 0.268. The standard InChI is InChI=1S/C33H39N3O8/c1-32(2,3)35-14-17-11-15(7-10-22(17)44-6)18-8-9-21(37)24-19(18)12-16-13-20-26(36(4)5)28(39)25(31(34)42)30(41)33(20,43)29(40)23(16)27(24)38/h7-11,16,20,26,35,37-38,41,43H,12-14H2,1-6H3,(H2,34,42)/t16-,20-,26-,33-/m0/s1. The van der Waals surface area contributed by atoms with Gasteiger partial charge in [0.25, 0.3) is 5.91 Å². The number of aliphatic hydroxyl groups is 3. The van der Waals surface area contributed by atoms with Crippen molar-refractivity contribution in [3.05, 3.63) is 63.9 Å². The Morgan fingerprint density at radius 3 is 2.41 bits per heavy atom. The highest BCUT2D eigenvalue weighted by Gasteiger charge is 2.64. The van der Waals surface area contributed by atoms with Crippen molar-refractivity contribution in [3.8, 4) is 22.6 Å². The van der Waals surface area contributed by atoms with Crippen molar-refractivity contribution in [2.45, 2.75) is 57.3 Å². The Hall–Kier alpha value is -4.19. The van der Waals surface area contributed by atoms with Crippen molar-refractivity contribution in [1.82, 2.24) is 10.2 Å². The number of nitrogens with two attached hydrogens (primary N) is 1. The Balaban J connectivity index is 1.67. The number of aliphatic hydroxyl groups excluding tert-OH is 2. The summed E-state index contributed by atoms with van der Waals surface area (Å²) in [6, 6.07) is 7.73. The van der Waals surface area contributed by atoms with E-state index in [0.717, 1.165) is 16.7 Å². The molecule has 234 valence electrons. The number of aromatic hydroxyl groups is 1. The first-order chi connectivity index (χ1) is 20.5. The number of nitrogens with zero attached hydrogens (tertiary/aromatic N) is 1.